The van der Waals surface area contributed by atoms with Gasteiger partial charge in [0.1, 0.15) is 5.75 Å². The summed E-state index contributed by atoms with van der Waals surface area (Å²) in [5.41, 5.74) is 1.20. The van der Waals surface area contributed by atoms with Crippen LogP contribution in [0.5, 0.6) is 5.75 Å². The molecule has 94 valence electrons. The average Bonchev–Trinajstić information content (AvgIpc) is 2.31. The number of aromatic hydroxyl groups is 1. The van der Waals surface area contributed by atoms with Crippen LogP contribution >= 0.6 is 0 Å². The molecule has 0 aliphatic rings. The molecule has 0 radical (unpaired) electrons. The Labute approximate surface area is 101 Å². The van der Waals surface area contributed by atoms with Crippen molar-refractivity contribution in [2.75, 3.05) is 6.61 Å². The molecule has 1 unspecified atom stereocenters. The number of amides is 1. The lowest BCUT2D eigenvalue weighted by Crippen LogP contribution is -2.35. The van der Waals surface area contributed by atoms with E-state index in [9.17, 15) is 9.90 Å². The molecule has 0 saturated heterocycles. The number of aliphatic hydroxyl groups is 1. The molecule has 1 aromatic rings. The van der Waals surface area contributed by atoms with Crippen LogP contribution in [0.3, 0.4) is 0 Å². The zero-order valence-electron chi connectivity index (χ0n) is 10.2. The van der Waals surface area contributed by atoms with Crippen LogP contribution in [-0.2, 0) is 0 Å². The summed E-state index contributed by atoms with van der Waals surface area (Å²) in [6.45, 7) is 3.77. The molecule has 17 heavy (non-hydrogen) atoms. The first-order valence-corrected chi connectivity index (χ1v) is 5.79. The number of phenolic OH excluding ortho intramolecular Hbond substituents is 1. The van der Waals surface area contributed by atoms with Gasteiger partial charge in [0.05, 0.1) is 0 Å². The van der Waals surface area contributed by atoms with E-state index >= 15 is 0 Å². The van der Waals surface area contributed by atoms with Crippen molar-refractivity contribution in [2.24, 2.45) is 0 Å². The Bertz CT molecular complexity index is 390. The van der Waals surface area contributed by atoms with Gasteiger partial charge in [-0.15, -0.1) is 0 Å². The lowest BCUT2D eigenvalue weighted by Gasteiger charge is -2.15. The van der Waals surface area contributed by atoms with Crippen molar-refractivity contribution >= 4 is 5.91 Å². The second-order valence-electron chi connectivity index (χ2n) is 4.09. The van der Waals surface area contributed by atoms with Crippen LogP contribution in [0.15, 0.2) is 18.2 Å². The van der Waals surface area contributed by atoms with Crippen molar-refractivity contribution in [1.82, 2.24) is 5.32 Å². The third kappa shape index (κ3) is 3.75. The summed E-state index contributed by atoms with van der Waals surface area (Å²) in [5, 5.41) is 21.1. The third-order valence-electron chi connectivity index (χ3n) is 2.76. The zero-order chi connectivity index (χ0) is 12.8. The smallest absolute Gasteiger partial charge is 0.251 e. The van der Waals surface area contributed by atoms with E-state index in [1.807, 2.05) is 6.92 Å². The van der Waals surface area contributed by atoms with E-state index in [1.54, 1.807) is 19.1 Å². The summed E-state index contributed by atoms with van der Waals surface area (Å²) in [6, 6.07) is 4.73. The molecule has 0 spiro atoms. The number of carbonyl (C=O) groups excluding carboxylic acids is 1. The summed E-state index contributed by atoms with van der Waals surface area (Å²) < 4.78 is 0. The SMILES string of the molecule is CCC(CCO)NC(=O)c1ccc(O)c(C)c1. The van der Waals surface area contributed by atoms with Gasteiger partial charge in [-0.25, -0.2) is 0 Å². The van der Waals surface area contributed by atoms with Gasteiger partial charge in [0, 0.05) is 18.2 Å². The van der Waals surface area contributed by atoms with Gasteiger partial charge in [-0.05, 0) is 43.5 Å². The molecule has 4 nitrogen and oxygen atoms in total. The Morgan fingerprint density at radius 1 is 1.47 bits per heavy atom. The Hall–Kier alpha value is -1.55. The van der Waals surface area contributed by atoms with E-state index in [4.69, 9.17) is 5.11 Å². The van der Waals surface area contributed by atoms with Crippen molar-refractivity contribution in [3.63, 3.8) is 0 Å². The molecule has 3 N–H and O–H groups in total. The second kappa shape index (κ2) is 6.25. The number of phenols is 1. The summed E-state index contributed by atoms with van der Waals surface area (Å²) in [7, 11) is 0. The minimum Gasteiger partial charge on any atom is -0.508 e. The predicted octanol–water partition coefficient (Wildman–Crippen LogP) is 1.59. The molecular formula is C13H19NO3. The van der Waals surface area contributed by atoms with Gasteiger partial charge in [-0.2, -0.15) is 0 Å². The summed E-state index contributed by atoms with van der Waals surface area (Å²) >= 11 is 0. The summed E-state index contributed by atoms with van der Waals surface area (Å²) in [5.74, 6) is 0.0114. The molecule has 0 saturated carbocycles. The average molecular weight is 237 g/mol. The molecule has 1 aromatic carbocycles. The van der Waals surface area contributed by atoms with Crippen LogP contribution in [0.4, 0.5) is 0 Å². The molecule has 0 fully saturated rings. The van der Waals surface area contributed by atoms with E-state index in [2.05, 4.69) is 5.32 Å². The molecule has 1 rings (SSSR count). The zero-order valence-corrected chi connectivity index (χ0v) is 10.2. The fourth-order valence-corrected chi connectivity index (χ4v) is 1.60. The second-order valence-corrected chi connectivity index (χ2v) is 4.09. The maximum atomic E-state index is 11.9. The lowest BCUT2D eigenvalue weighted by molar-refractivity contribution is 0.0929. The highest BCUT2D eigenvalue weighted by Gasteiger charge is 2.12. The first kappa shape index (κ1) is 13.5. The van der Waals surface area contributed by atoms with E-state index in [0.717, 1.165) is 6.42 Å². The Balaban J connectivity index is 2.72. The standard InChI is InChI=1S/C13H19NO3/c1-3-11(6-7-15)14-13(17)10-4-5-12(16)9(2)8-10/h4-5,8,11,15-16H,3,6-7H2,1-2H3,(H,14,17). The van der Waals surface area contributed by atoms with Crippen molar-refractivity contribution in [3.05, 3.63) is 29.3 Å². The van der Waals surface area contributed by atoms with Crippen LogP contribution in [-0.4, -0.2) is 28.8 Å². The van der Waals surface area contributed by atoms with Crippen LogP contribution in [0.25, 0.3) is 0 Å². The monoisotopic (exact) mass is 237 g/mol. The molecular weight excluding hydrogens is 218 g/mol. The summed E-state index contributed by atoms with van der Waals surface area (Å²) in [6.07, 6.45) is 1.34. The molecule has 0 aliphatic carbocycles. The maximum Gasteiger partial charge on any atom is 0.251 e. The lowest BCUT2D eigenvalue weighted by atomic mass is 10.1. The molecule has 1 amide bonds. The molecule has 0 bridgehead atoms. The molecule has 0 aliphatic heterocycles. The molecule has 0 aromatic heterocycles. The van der Waals surface area contributed by atoms with Gasteiger partial charge < -0.3 is 15.5 Å². The highest BCUT2D eigenvalue weighted by Crippen LogP contribution is 2.17. The van der Waals surface area contributed by atoms with Crippen LogP contribution in [0, 0.1) is 6.92 Å². The summed E-state index contributed by atoms with van der Waals surface area (Å²) in [4.78, 5) is 11.9. The number of carbonyl (C=O) groups is 1. The number of aliphatic hydroxyl groups excluding tert-OH is 1. The minimum atomic E-state index is -0.173. The number of hydrogen-bond acceptors (Lipinski definition) is 3. The van der Waals surface area contributed by atoms with Gasteiger partial charge in [0.2, 0.25) is 0 Å². The third-order valence-corrected chi connectivity index (χ3v) is 2.76. The normalized spacial score (nSPS) is 12.2. The number of hydrogen-bond donors (Lipinski definition) is 3. The van der Waals surface area contributed by atoms with Crippen molar-refractivity contribution < 1.29 is 15.0 Å². The Kier molecular flexibility index (Phi) is 4.97. The van der Waals surface area contributed by atoms with E-state index in [1.165, 1.54) is 6.07 Å². The van der Waals surface area contributed by atoms with E-state index in [-0.39, 0.29) is 24.3 Å². The van der Waals surface area contributed by atoms with Gasteiger partial charge in [0.25, 0.3) is 5.91 Å². The number of rotatable bonds is 5. The van der Waals surface area contributed by atoms with Gasteiger partial charge in [-0.3, -0.25) is 4.79 Å². The number of aryl methyl sites for hydroxylation is 1. The van der Waals surface area contributed by atoms with Gasteiger partial charge >= 0.3 is 0 Å². The highest BCUT2D eigenvalue weighted by atomic mass is 16.3. The molecule has 1 atom stereocenters. The van der Waals surface area contributed by atoms with E-state index < -0.39 is 0 Å². The predicted molar refractivity (Wildman–Crippen MR) is 66.1 cm³/mol. The number of nitrogens with one attached hydrogen (secondary N) is 1. The maximum absolute atomic E-state index is 11.9. The quantitative estimate of drug-likeness (QED) is 0.728. The van der Waals surface area contributed by atoms with Crippen molar-refractivity contribution in [2.45, 2.75) is 32.7 Å². The van der Waals surface area contributed by atoms with Crippen LogP contribution in [0.2, 0.25) is 0 Å². The fourth-order valence-electron chi connectivity index (χ4n) is 1.60. The first-order valence-electron chi connectivity index (χ1n) is 5.79. The first-order chi connectivity index (χ1) is 8.08. The van der Waals surface area contributed by atoms with Crippen LogP contribution in [0.1, 0.15) is 35.7 Å². The van der Waals surface area contributed by atoms with Crippen molar-refractivity contribution in [3.8, 4) is 5.75 Å². The van der Waals surface area contributed by atoms with Crippen molar-refractivity contribution in [1.29, 1.82) is 0 Å². The fraction of sp³-hybridized carbons (Fsp3) is 0.462. The largest absolute Gasteiger partial charge is 0.508 e. The highest BCUT2D eigenvalue weighted by molar-refractivity contribution is 5.94. The Morgan fingerprint density at radius 3 is 2.71 bits per heavy atom. The topological polar surface area (TPSA) is 69.6 Å². The number of benzene rings is 1. The minimum absolute atomic E-state index is 0.0124. The molecule has 0 heterocycles. The Morgan fingerprint density at radius 2 is 2.18 bits per heavy atom. The molecule has 4 heteroatoms. The van der Waals surface area contributed by atoms with Gasteiger partial charge in [-0.1, -0.05) is 6.92 Å². The van der Waals surface area contributed by atoms with Crippen LogP contribution < -0.4 is 5.32 Å². The van der Waals surface area contributed by atoms with E-state index in [0.29, 0.717) is 17.5 Å². The van der Waals surface area contributed by atoms with Gasteiger partial charge in [0.15, 0.2) is 0 Å².